The summed E-state index contributed by atoms with van der Waals surface area (Å²) < 4.78 is 38.3. The maximum Gasteiger partial charge on any atom is 0.433 e. The molecule has 3 nitrogen and oxygen atoms in total. The zero-order valence-electron chi connectivity index (χ0n) is 11.8. The number of anilines is 1. The molecular formula is C13H19ClF3N3. The fourth-order valence-corrected chi connectivity index (χ4v) is 1.99. The fourth-order valence-electron chi connectivity index (χ4n) is 1.81. The van der Waals surface area contributed by atoms with Crippen molar-refractivity contribution in [2.45, 2.75) is 52.3 Å². The number of rotatable bonds is 6. The van der Waals surface area contributed by atoms with Gasteiger partial charge in [-0.2, -0.15) is 13.2 Å². The molecule has 20 heavy (non-hydrogen) atoms. The highest BCUT2D eigenvalue weighted by molar-refractivity contribution is 6.28. The lowest BCUT2D eigenvalue weighted by atomic mass is 10.2. The van der Waals surface area contributed by atoms with Crippen molar-refractivity contribution in [3.8, 4) is 0 Å². The van der Waals surface area contributed by atoms with Gasteiger partial charge in [-0.1, -0.05) is 20.3 Å². The molecule has 0 saturated carbocycles. The smallest absolute Gasteiger partial charge is 0.354 e. The van der Waals surface area contributed by atoms with Gasteiger partial charge in [0.05, 0.1) is 0 Å². The Balaban J connectivity index is 3.15. The van der Waals surface area contributed by atoms with E-state index in [1.807, 2.05) is 25.7 Å². The van der Waals surface area contributed by atoms with Crippen molar-refractivity contribution in [2.75, 3.05) is 11.4 Å². The molecule has 0 aliphatic rings. The Labute approximate surface area is 122 Å². The average molecular weight is 310 g/mol. The van der Waals surface area contributed by atoms with E-state index < -0.39 is 11.9 Å². The van der Waals surface area contributed by atoms with E-state index in [-0.39, 0.29) is 17.1 Å². The molecule has 0 saturated heterocycles. The summed E-state index contributed by atoms with van der Waals surface area (Å²) in [5, 5.41) is -0.375. The third-order valence-electron chi connectivity index (χ3n) is 3.15. The van der Waals surface area contributed by atoms with Crippen LogP contribution in [0, 0.1) is 0 Å². The van der Waals surface area contributed by atoms with Crippen molar-refractivity contribution in [3.05, 3.63) is 17.0 Å². The van der Waals surface area contributed by atoms with Crippen LogP contribution in [0.3, 0.4) is 0 Å². The van der Waals surface area contributed by atoms with Crippen LogP contribution in [0.25, 0.3) is 0 Å². The molecule has 7 heteroatoms. The molecule has 1 rings (SSSR count). The molecule has 1 aromatic heterocycles. The van der Waals surface area contributed by atoms with Crippen LogP contribution in [-0.2, 0) is 6.18 Å². The van der Waals surface area contributed by atoms with Crippen LogP contribution in [0.1, 0.15) is 45.7 Å². The summed E-state index contributed by atoms with van der Waals surface area (Å²) in [4.78, 5) is 9.06. The molecule has 0 N–H and O–H groups in total. The van der Waals surface area contributed by atoms with E-state index in [1.165, 1.54) is 0 Å². The fraction of sp³-hybridized carbons (Fsp3) is 0.692. The number of unbranched alkanes of at least 4 members (excludes halogenated alkanes) is 1. The SMILES string of the molecule is CCCCN(c1cc(C(F)(F)F)nc(Cl)n1)C(C)CC. The molecule has 0 spiro atoms. The normalized spacial score (nSPS) is 13.3. The van der Waals surface area contributed by atoms with E-state index in [0.717, 1.165) is 25.3 Å². The second kappa shape index (κ2) is 7.11. The lowest BCUT2D eigenvalue weighted by molar-refractivity contribution is -0.141. The number of hydrogen-bond donors (Lipinski definition) is 0. The molecule has 1 unspecified atom stereocenters. The second-order valence-corrected chi connectivity index (χ2v) is 5.02. The van der Waals surface area contributed by atoms with Gasteiger partial charge in [0.15, 0.2) is 5.69 Å². The highest BCUT2D eigenvalue weighted by Gasteiger charge is 2.34. The Kier molecular flexibility index (Phi) is 6.05. The first kappa shape index (κ1) is 17.0. The Hall–Kier alpha value is -1.04. The summed E-state index contributed by atoms with van der Waals surface area (Å²) in [5.41, 5.74) is -1.00. The largest absolute Gasteiger partial charge is 0.433 e. The highest BCUT2D eigenvalue weighted by atomic mass is 35.5. The topological polar surface area (TPSA) is 29.0 Å². The van der Waals surface area contributed by atoms with Crippen LogP contribution in [-0.4, -0.2) is 22.6 Å². The van der Waals surface area contributed by atoms with Crippen LogP contribution in [0.15, 0.2) is 6.07 Å². The third kappa shape index (κ3) is 4.51. The zero-order chi connectivity index (χ0) is 15.3. The second-order valence-electron chi connectivity index (χ2n) is 4.68. The molecule has 0 aromatic carbocycles. The minimum Gasteiger partial charge on any atom is -0.354 e. The summed E-state index contributed by atoms with van der Waals surface area (Å²) in [6.07, 6.45) is -1.87. The molecule has 1 heterocycles. The van der Waals surface area contributed by atoms with Crippen molar-refractivity contribution in [2.24, 2.45) is 0 Å². The number of hydrogen-bond acceptors (Lipinski definition) is 3. The molecule has 1 aromatic rings. The maximum atomic E-state index is 12.8. The standard InChI is InChI=1S/C13H19ClF3N3/c1-4-6-7-20(9(3)5-2)11-8-10(13(15,16)17)18-12(14)19-11/h8-9H,4-7H2,1-3H3. The molecule has 0 bridgehead atoms. The highest BCUT2D eigenvalue weighted by Crippen LogP contribution is 2.31. The Bertz CT molecular complexity index is 437. The first-order chi connectivity index (χ1) is 9.29. The van der Waals surface area contributed by atoms with Crippen LogP contribution >= 0.6 is 11.6 Å². The van der Waals surface area contributed by atoms with E-state index >= 15 is 0 Å². The molecule has 0 aliphatic carbocycles. The van der Waals surface area contributed by atoms with Crippen molar-refractivity contribution in [1.82, 2.24) is 9.97 Å². The van der Waals surface area contributed by atoms with Crippen molar-refractivity contribution in [3.63, 3.8) is 0 Å². The number of alkyl halides is 3. The Morgan fingerprint density at radius 2 is 1.95 bits per heavy atom. The van der Waals surface area contributed by atoms with Crippen LogP contribution in [0.5, 0.6) is 0 Å². The summed E-state index contributed by atoms with van der Waals surface area (Å²) in [6.45, 7) is 6.62. The minimum atomic E-state index is -4.52. The molecule has 114 valence electrons. The predicted octanol–water partition coefficient (Wildman–Crippen LogP) is 4.55. The molecule has 0 amide bonds. The van der Waals surface area contributed by atoms with Gasteiger partial charge in [-0.15, -0.1) is 0 Å². The van der Waals surface area contributed by atoms with Gasteiger partial charge in [0.2, 0.25) is 5.28 Å². The molecule has 1 atom stereocenters. The van der Waals surface area contributed by atoms with E-state index in [1.54, 1.807) is 0 Å². The Morgan fingerprint density at radius 3 is 2.45 bits per heavy atom. The summed E-state index contributed by atoms with van der Waals surface area (Å²) in [6, 6.07) is 1.06. The van der Waals surface area contributed by atoms with Gasteiger partial charge >= 0.3 is 6.18 Å². The molecule has 0 fully saturated rings. The van der Waals surface area contributed by atoms with E-state index in [2.05, 4.69) is 9.97 Å². The van der Waals surface area contributed by atoms with E-state index in [9.17, 15) is 13.2 Å². The average Bonchev–Trinajstić information content (AvgIpc) is 2.37. The van der Waals surface area contributed by atoms with Crippen LogP contribution < -0.4 is 4.90 Å². The van der Waals surface area contributed by atoms with Crippen molar-refractivity contribution >= 4 is 17.4 Å². The minimum absolute atomic E-state index is 0.0913. The van der Waals surface area contributed by atoms with E-state index in [0.29, 0.717) is 6.54 Å². The summed E-state index contributed by atoms with van der Waals surface area (Å²) >= 11 is 5.63. The van der Waals surface area contributed by atoms with Gasteiger partial charge in [0.25, 0.3) is 0 Å². The molecule has 0 radical (unpaired) electrons. The first-order valence-corrected chi connectivity index (χ1v) is 7.05. The van der Waals surface area contributed by atoms with Crippen LogP contribution in [0.2, 0.25) is 5.28 Å². The quantitative estimate of drug-likeness (QED) is 0.722. The number of halogens is 4. The summed E-state index contributed by atoms with van der Waals surface area (Å²) in [5.74, 6) is 0.236. The molecule has 0 aliphatic heterocycles. The van der Waals surface area contributed by atoms with Gasteiger partial charge < -0.3 is 4.90 Å². The van der Waals surface area contributed by atoms with Gasteiger partial charge in [0.1, 0.15) is 5.82 Å². The first-order valence-electron chi connectivity index (χ1n) is 6.68. The third-order valence-corrected chi connectivity index (χ3v) is 3.31. The van der Waals surface area contributed by atoms with Crippen LogP contribution in [0.4, 0.5) is 19.0 Å². The number of aromatic nitrogens is 2. The lowest BCUT2D eigenvalue weighted by Gasteiger charge is -2.30. The predicted molar refractivity (Wildman–Crippen MR) is 74.1 cm³/mol. The Morgan fingerprint density at radius 1 is 1.30 bits per heavy atom. The van der Waals surface area contributed by atoms with Gasteiger partial charge in [-0.05, 0) is 31.4 Å². The van der Waals surface area contributed by atoms with Gasteiger partial charge in [-0.25, -0.2) is 9.97 Å². The monoisotopic (exact) mass is 309 g/mol. The maximum absolute atomic E-state index is 12.8. The zero-order valence-corrected chi connectivity index (χ0v) is 12.6. The van der Waals surface area contributed by atoms with E-state index in [4.69, 9.17) is 11.6 Å². The number of nitrogens with zero attached hydrogens (tertiary/aromatic N) is 3. The summed E-state index contributed by atoms with van der Waals surface area (Å²) in [7, 11) is 0. The van der Waals surface area contributed by atoms with Crippen molar-refractivity contribution < 1.29 is 13.2 Å². The van der Waals surface area contributed by atoms with Gasteiger partial charge in [0, 0.05) is 18.7 Å². The lowest BCUT2D eigenvalue weighted by Crippen LogP contribution is -2.34. The van der Waals surface area contributed by atoms with Gasteiger partial charge in [-0.3, -0.25) is 0 Å². The van der Waals surface area contributed by atoms with Crippen molar-refractivity contribution in [1.29, 1.82) is 0 Å². The molecular weight excluding hydrogens is 291 g/mol.